The number of aromatic nitrogens is 1. The summed E-state index contributed by atoms with van der Waals surface area (Å²) in [6.45, 7) is 1.94. The third-order valence-electron chi connectivity index (χ3n) is 2.26. The molecule has 1 atom stereocenters. The molecule has 0 aliphatic carbocycles. The Morgan fingerprint density at radius 3 is 3.00 bits per heavy atom. The van der Waals surface area contributed by atoms with Crippen LogP contribution in [0.15, 0.2) is 34.9 Å². The van der Waals surface area contributed by atoms with Crippen LogP contribution in [0.1, 0.15) is 24.3 Å². The van der Waals surface area contributed by atoms with Crippen LogP contribution in [-0.2, 0) is 0 Å². The van der Waals surface area contributed by atoms with Crippen LogP contribution in [0.3, 0.4) is 0 Å². The number of nitrogens with one attached hydrogen (secondary N) is 1. The molecule has 86 valence electrons. The van der Waals surface area contributed by atoms with Crippen molar-refractivity contribution < 1.29 is 4.42 Å². The predicted molar refractivity (Wildman–Crippen MR) is 64.7 cm³/mol. The number of nitriles is 1. The topological polar surface area (TPSA) is 61.9 Å². The molecule has 2 aromatic rings. The molecule has 0 bridgehead atoms. The van der Waals surface area contributed by atoms with E-state index in [4.69, 9.17) is 21.3 Å². The maximum Gasteiger partial charge on any atom is 0.132 e. The van der Waals surface area contributed by atoms with E-state index in [0.717, 1.165) is 5.76 Å². The van der Waals surface area contributed by atoms with Crippen LogP contribution in [0.5, 0.6) is 0 Å². The summed E-state index contributed by atoms with van der Waals surface area (Å²) >= 11 is 5.81. The molecule has 0 spiro atoms. The van der Waals surface area contributed by atoms with Crippen molar-refractivity contribution in [2.45, 2.75) is 13.0 Å². The lowest BCUT2D eigenvalue weighted by molar-refractivity contribution is 0.490. The zero-order valence-corrected chi connectivity index (χ0v) is 9.90. The molecule has 0 saturated carbocycles. The summed E-state index contributed by atoms with van der Waals surface area (Å²) in [5.74, 6) is 1.35. The summed E-state index contributed by atoms with van der Waals surface area (Å²) in [5, 5.41) is 12.2. The molecule has 1 unspecified atom stereocenters. The van der Waals surface area contributed by atoms with Gasteiger partial charge in [0, 0.05) is 0 Å². The lowest BCUT2D eigenvalue weighted by Gasteiger charge is -2.12. The van der Waals surface area contributed by atoms with E-state index in [1.165, 1.54) is 6.07 Å². The Hall–Kier alpha value is -1.99. The van der Waals surface area contributed by atoms with Crippen LogP contribution in [0.25, 0.3) is 0 Å². The zero-order chi connectivity index (χ0) is 12.3. The third kappa shape index (κ3) is 2.77. The summed E-state index contributed by atoms with van der Waals surface area (Å²) in [6, 6.07) is 8.84. The summed E-state index contributed by atoms with van der Waals surface area (Å²) in [6.07, 6.45) is 1.61. The summed E-state index contributed by atoms with van der Waals surface area (Å²) < 4.78 is 5.27. The van der Waals surface area contributed by atoms with Crippen LogP contribution in [0, 0.1) is 11.3 Å². The first-order chi connectivity index (χ1) is 8.19. The van der Waals surface area contributed by atoms with E-state index in [-0.39, 0.29) is 11.2 Å². The Morgan fingerprint density at radius 2 is 2.35 bits per heavy atom. The van der Waals surface area contributed by atoms with Crippen molar-refractivity contribution in [1.82, 2.24) is 4.98 Å². The molecule has 2 rings (SSSR count). The van der Waals surface area contributed by atoms with Gasteiger partial charge in [0.05, 0.1) is 23.9 Å². The molecule has 0 amide bonds. The highest BCUT2D eigenvalue weighted by Gasteiger charge is 2.09. The van der Waals surface area contributed by atoms with Crippen LogP contribution in [0.2, 0.25) is 5.15 Å². The lowest BCUT2D eigenvalue weighted by atomic mass is 10.2. The molecule has 0 aromatic carbocycles. The molecule has 1 N–H and O–H groups in total. The first-order valence-electron chi connectivity index (χ1n) is 5.06. The lowest BCUT2D eigenvalue weighted by Crippen LogP contribution is -2.07. The average Bonchev–Trinajstić information content (AvgIpc) is 2.81. The highest BCUT2D eigenvalue weighted by Crippen LogP contribution is 2.20. The van der Waals surface area contributed by atoms with Gasteiger partial charge in [-0.05, 0) is 31.2 Å². The third-order valence-corrected chi connectivity index (χ3v) is 2.45. The molecule has 17 heavy (non-hydrogen) atoms. The van der Waals surface area contributed by atoms with Gasteiger partial charge in [0.2, 0.25) is 0 Å². The monoisotopic (exact) mass is 247 g/mol. The number of nitrogens with zero attached hydrogens (tertiary/aromatic N) is 2. The van der Waals surface area contributed by atoms with E-state index in [0.29, 0.717) is 11.4 Å². The molecule has 2 aromatic heterocycles. The zero-order valence-electron chi connectivity index (χ0n) is 9.14. The smallest absolute Gasteiger partial charge is 0.132 e. The number of pyridine rings is 1. The normalized spacial score (nSPS) is 11.8. The molecular formula is C12H10ClN3O. The molecule has 0 fully saturated rings. The minimum absolute atomic E-state index is 0.0393. The second-order valence-electron chi connectivity index (χ2n) is 3.56. The fourth-order valence-corrected chi connectivity index (χ4v) is 1.67. The molecule has 0 aliphatic heterocycles. The van der Waals surface area contributed by atoms with Crippen LogP contribution in [0.4, 0.5) is 5.82 Å². The Kier molecular flexibility index (Phi) is 3.31. The molecular weight excluding hydrogens is 238 g/mol. The Labute approximate surface area is 104 Å². The van der Waals surface area contributed by atoms with Crippen molar-refractivity contribution in [2.24, 2.45) is 0 Å². The fourth-order valence-electron chi connectivity index (χ4n) is 1.47. The molecule has 0 saturated heterocycles. The van der Waals surface area contributed by atoms with Crippen LogP contribution in [-0.4, -0.2) is 4.98 Å². The first-order valence-corrected chi connectivity index (χ1v) is 5.44. The number of halogens is 1. The first kappa shape index (κ1) is 11.5. The van der Waals surface area contributed by atoms with Crippen molar-refractivity contribution in [3.05, 3.63) is 47.0 Å². The quantitative estimate of drug-likeness (QED) is 0.845. The Bertz CT molecular complexity index is 545. The highest BCUT2D eigenvalue weighted by molar-refractivity contribution is 6.29. The van der Waals surface area contributed by atoms with Gasteiger partial charge in [-0.3, -0.25) is 0 Å². The summed E-state index contributed by atoms with van der Waals surface area (Å²) in [4.78, 5) is 4.09. The second kappa shape index (κ2) is 4.89. The largest absolute Gasteiger partial charge is 0.467 e. The van der Waals surface area contributed by atoms with Crippen molar-refractivity contribution in [2.75, 3.05) is 5.32 Å². The predicted octanol–water partition coefficient (Wildman–Crippen LogP) is 3.37. The minimum atomic E-state index is -0.0393. The number of furan rings is 1. The molecule has 2 heterocycles. The van der Waals surface area contributed by atoms with E-state index in [1.54, 1.807) is 12.3 Å². The van der Waals surface area contributed by atoms with Crippen LogP contribution < -0.4 is 5.32 Å². The van der Waals surface area contributed by atoms with Gasteiger partial charge in [-0.1, -0.05) is 11.6 Å². The average molecular weight is 248 g/mol. The van der Waals surface area contributed by atoms with Crippen molar-refractivity contribution in [3.8, 4) is 6.07 Å². The summed E-state index contributed by atoms with van der Waals surface area (Å²) in [7, 11) is 0. The van der Waals surface area contributed by atoms with Crippen molar-refractivity contribution in [3.63, 3.8) is 0 Å². The number of rotatable bonds is 3. The van der Waals surface area contributed by atoms with Gasteiger partial charge < -0.3 is 9.73 Å². The molecule has 4 nitrogen and oxygen atoms in total. The Balaban J connectivity index is 2.19. The van der Waals surface area contributed by atoms with Gasteiger partial charge in [0.25, 0.3) is 0 Å². The standard InChI is InChI=1S/C12H10ClN3O/c1-8(10-3-2-4-17-10)15-12-6-9(7-14)5-11(13)16-12/h2-6,8H,1H3,(H,15,16). The highest BCUT2D eigenvalue weighted by atomic mass is 35.5. The minimum Gasteiger partial charge on any atom is -0.467 e. The van der Waals surface area contributed by atoms with Gasteiger partial charge in [-0.15, -0.1) is 0 Å². The SMILES string of the molecule is CC(Nc1cc(C#N)cc(Cl)n1)c1ccco1. The van der Waals surface area contributed by atoms with E-state index in [1.807, 2.05) is 25.1 Å². The van der Waals surface area contributed by atoms with Gasteiger partial charge in [0.15, 0.2) is 0 Å². The molecule has 5 heteroatoms. The van der Waals surface area contributed by atoms with Crippen molar-refractivity contribution >= 4 is 17.4 Å². The van der Waals surface area contributed by atoms with Gasteiger partial charge >= 0.3 is 0 Å². The van der Waals surface area contributed by atoms with E-state index < -0.39 is 0 Å². The maximum absolute atomic E-state index is 8.82. The Morgan fingerprint density at radius 1 is 1.53 bits per heavy atom. The van der Waals surface area contributed by atoms with Gasteiger partial charge in [-0.2, -0.15) is 5.26 Å². The molecule has 0 aliphatic rings. The summed E-state index contributed by atoms with van der Waals surface area (Å²) in [5.41, 5.74) is 0.471. The van der Waals surface area contributed by atoms with E-state index in [9.17, 15) is 0 Å². The second-order valence-corrected chi connectivity index (χ2v) is 3.94. The van der Waals surface area contributed by atoms with Gasteiger partial charge in [0.1, 0.15) is 16.7 Å². The number of anilines is 1. The number of hydrogen-bond donors (Lipinski definition) is 1. The molecule has 0 radical (unpaired) electrons. The van der Waals surface area contributed by atoms with Gasteiger partial charge in [-0.25, -0.2) is 4.98 Å². The number of hydrogen-bond acceptors (Lipinski definition) is 4. The van der Waals surface area contributed by atoms with E-state index >= 15 is 0 Å². The fraction of sp³-hybridized carbons (Fsp3) is 0.167. The van der Waals surface area contributed by atoms with Crippen LogP contribution >= 0.6 is 11.6 Å². The van der Waals surface area contributed by atoms with Crippen molar-refractivity contribution in [1.29, 1.82) is 5.26 Å². The van der Waals surface area contributed by atoms with E-state index in [2.05, 4.69) is 10.3 Å². The maximum atomic E-state index is 8.82.